The first-order valence-electron chi connectivity index (χ1n) is 10.4. The molecule has 0 aromatic heterocycles. The number of morpholine rings is 1. The lowest BCUT2D eigenvalue weighted by Gasteiger charge is -2.37. The summed E-state index contributed by atoms with van der Waals surface area (Å²) < 4.78 is 31.5. The number of benzene rings is 1. The van der Waals surface area contributed by atoms with Crippen molar-refractivity contribution in [2.75, 3.05) is 39.4 Å². The van der Waals surface area contributed by atoms with Crippen LogP contribution in [-0.2, 0) is 9.47 Å². The van der Waals surface area contributed by atoms with Gasteiger partial charge in [0.15, 0.2) is 17.5 Å². The van der Waals surface area contributed by atoms with Crippen LogP contribution in [0.15, 0.2) is 29.3 Å². The van der Waals surface area contributed by atoms with Crippen LogP contribution in [0.2, 0.25) is 0 Å². The Morgan fingerprint density at radius 1 is 1.28 bits per heavy atom. The number of ether oxygens (including phenoxy) is 3. The number of hydrogen-bond acceptors (Lipinski definition) is 4. The molecule has 3 rings (SSSR count). The molecular formula is C21H33FIN3O3. The van der Waals surface area contributed by atoms with Crippen LogP contribution in [0.1, 0.15) is 33.1 Å². The zero-order valence-corrected chi connectivity index (χ0v) is 19.6. The zero-order valence-electron chi connectivity index (χ0n) is 17.3. The van der Waals surface area contributed by atoms with E-state index in [4.69, 9.17) is 19.2 Å². The second-order valence-electron chi connectivity index (χ2n) is 7.18. The van der Waals surface area contributed by atoms with Crippen molar-refractivity contribution in [2.24, 2.45) is 4.99 Å². The SMILES string of the molecule is CCNC(=NCC(CC)Oc1ccccc1F)N1CCOC(C2CCCO2)C1.I. The van der Waals surface area contributed by atoms with E-state index in [1.54, 1.807) is 18.2 Å². The van der Waals surface area contributed by atoms with E-state index < -0.39 is 0 Å². The van der Waals surface area contributed by atoms with Gasteiger partial charge in [-0.25, -0.2) is 9.38 Å². The molecular weight excluding hydrogens is 488 g/mol. The fourth-order valence-corrected chi connectivity index (χ4v) is 3.57. The summed E-state index contributed by atoms with van der Waals surface area (Å²) in [5.41, 5.74) is 0. The van der Waals surface area contributed by atoms with Gasteiger partial charge in [0.1, 0.15) is 12.2 Å². The molecule has 6 nitrogen and oxygen atoms in total. The molecule has 164 valence electrons. The predicted molar refractivity (Wildman–Crippen MR) is 123 cm³/mol. The third-order valence-corrected chi connectivity index (χ3v) is 5.14. The minimum atomic E-state index is -0.343. The van der Waals surface area contributed by atoms with Crippen molar-refractivity contribution in [1.29, 1.82) is 0 Å². The Labute approximate surface area is 190 Å². The summed E-state index contributed by atoms with van der Waals surface area (Å²) in [5.74, 6) is 0.785. The second kappa shape index (κ2) is 12.5. The first-order valence-corrected chi connectivity index (χ1v) is 10.4. The van der Waals surface area contributed by atoms with Gasteiger partial charge in [-0.2, -0.15) is 0 Å². The van der Waals surface area contributed by atoms with E-state index in [0.29, 0.717) is 13.2 Å². The van der Waals surface area contributed by atoms with Gasteiger partial charge in [0.2, 0.25) is 0 Å². The molecule has 2 fully saturated rings. The molecule has 0 amide bonds. The van der Waals surface area contributed by atoms with Crippen LogP contribution in [0.5, 0.6) is 5.75 Å². The molecule has 1 aromatic rings. The summed E-state index contributed by atoms with van der Waals surface area (Å²) in [5, 5.41) is 3.37. The van der Waals surface area contributed by atoms with Crippen molar-refractivity contribution in [3.05, 3.63) is 30.1 Å². The summed E-state index contributed by atoms with van der Waals surface area (Å²) in [4.78, 5) is 7.01. The van der Waals surface area contributed by atoms with Crippen molar-refractivity contribution in [3.8, 4) is 5.75 Å². The van der Waals surface area contributed by atoms with Gasteiger partial charge in [-0.3, -0.25) is 0 Å². The molecule has 0 radical (unpaired) electrons. The van der Waals surface area contributed by atoms with Crippen molar-refractivity contribution >= 4 is 29.9 Å². The van der Waals surface area contributed by atoms with Crippen LogP contribution in [0.3, 0.4) is 0 Å². The number of guanidine groups is 1. The maximum absolute atomic E-state index is 13.9. The average Bonchev–Trinajstić information content (AvgIpc) is 3.26. The number of nitrogens with one attached hydrogen (secondary N) is 1. The van der Waals surface area contributed by atoms with Gasteiger partial charge in [-0.05, 0) is 38.3 Å². The van der Waals surface area contributed by atoms with E-state index in [1.807, 2.05) is 6.92 Å². The Morgan fingerprint density at radius 2 is 2.07 bits per heavy atom. The van der Waals surface area contributed by atoms with Crippen LogP contribution in [-0.4, -0.2) is 68.6 Å². The summed E-state index contributed by atoms with van der Waals surface area (Å²) in [6.45, 7) is 8.38. The normalized spacial score (nSPS) is 23.4. The molecule has 0 saturated carbocycles. The lowest BCUT2D eigenvalue weighted by Crippen LogP contribution is -2.53. The maximum atomic E-state index is 13.9. The zero-order chi connectivity index (χ0) is 19.8. The van der Waals surface area contributed by atoms with E-state index >= 15 is 0 Å². The van der Waals surface area contributed by atoms with Gasteiger partial charge in [-0.1, -0.05) is 19.1 Å². The number of halogens is 2. The lowest BCUT2D eigenvalue weighted by atomic mass is 10.1. The highest BCUT2D eigenvalue weighted by molar-refractivity contribution is 14.0. The smallest absolute Gasteiger partial charge is 0.194 e. The van der Waals surface area contributed by atoms with Crippen LogP contribution in [0.4, 0.5) is 4.39 Å². The molecule has 1 N–H and O–H groups in total. The standard InChI is InChI=1S/C21H32FN3O3.HI/c1-3-16(28-18-9-6-5-8-17(18)22)14-24-21(23-4-2)25-11-13-27-20(15-25)19-10-7-12-26-19;/h5-6,8-9,16,19-20H,3-4,7,10-15H2,1-2H3,(H,23,24);1H. The Balaban J connectivity index is 0.00000300. The Kier molecular flexibility index (Phi) is 10.4. The first-order chi connectivity index (χ1) is 13.7. The van der Waals surface area contributed by atoms with Gasteiger partial charge in [0, 0.05) is 26.2 Å². The molecule has 0 aliphatic carbocycles. The van der Waals surface area contributed by atoms with E-state index in [1.165, 1.54) is 6.07 Å². The molecule has 2 saturated heterocycles. The largest absolute Gasteiger partial charge is 0.485 e. The van der Waals surface area contributed by atoms with Gasteiger partial charge in [-0.15, -0.1) is 24.0 Å². The first kappa shape index (κ1) is 24.1. The molecule has 0 bridgehead atoms. The van der Waals surface area contributed by atoms with Crippen molar-refractivity contribution < 1.29 is 18.6 Å². The quantitative estimate of drug-likeness (QED) is 0.339. The molecule has 2 heterocycles. The van der Waals surface area contributed by atoms with Crippen LogP contribution < -0.4 is 10.1 Å². The Morgan fingerprint density at radius 3 is 2.76 bits per heavy atom. The fourth-order valence-electron chi connectivity index (χ4n) is 3.57. The molecule has 0 spiro atoms. The third-order valence-electron chi connectivity index (χ3n) is 5.14. The molecule has 1 aromatic carbocycles. The highest BCUT2D eigenvalue weighted by atomic mass is 127. The van der Waals surface area contributed by atoms with Crippen molar-refractivity contribution in [1.82, 2.24) is 10.2 Å². The Bertz CT molecular complexity index is 643. The number of nitrogens with zero attached hydrogens (tertiary/aromatic N) is 2. The topological polar surface area (TPSA) is 55.3 Å². The number of para-hydroxylation sites is 1. The van der Waals surface area contributed by atoms with E-state index in [2.05, 4.69) is 17.1 Å². The van der Waals surface area contributed by atoms with Crippen LogP contribution in [0.25, 0.3) is 0 Å². The molecule has 2 aliphatic heterocycles. The highest BCUT2D eigenvalue weighted by Crippen LogP contribution is 2.21. The maximum Gasteiger partial charge on any atom is 0.194 e. The summed E-state index contributed by atoms with van der Waals surface area (Å²) in [6.07, 6.45) is 2.99. The monoisotopic (exact) mass is 521 g/mol. The Hall–Kier alpha value is -1.13. The van der Waals surface area contributed by atoms with Crippen LogP contribution >= 0.6 is 24.0 Å². The molecule has 3 atom stereocenters. The summed E-state index contributed by atoms with van der Waals surface area (Å²) in [6, 6.07) is 6.50. The van der Waals surface area contributed by atoms with Gasteiger partial charge < -0.3 is 24.4 Å². The lowest BCUT2D eigenvalue weighted by molar-refractivity contribution is -0.0817. The van der Waals surface area contributed by atoms with E-state index in [-0.39, 0.29) is 53.9 Å². The summed E-state index contributed by atoms with van der Waals surface area (Å²) >= 11 is 0. The van der Waals surface area contributed by atoms with E-state index in [0.717, 1.165) is 51.5 Å². The minimum Gasteiger partial charge on any atom is -0.485 e. The highest BCUT2D eigenvalue weighted by Gasteiger charge is 2.32. The predicted octanol–water partition coefficient (Wildman–Crippen LogP) is 3.45. The second-order valence-corrected chi connectivity index (χ2v) is 7.18. The number of hydrogen-bond donors (Lipinski definition) is 1. The molecule has 29 heavy (non-hydrogen) atoms. The number of aliphatic imine (C=N–C) groups is 1. The molecule has 2 aliphatic rings. The molecule has 3 unspecified atom stereocenters. The van der Waals surface area contributed by atoms with Gasteiger partial charge in [0.25, 0.3) is 0 Å². The third kappa shape index (κ3) is 6.96. The van der Waals surface area contributed by atoms with Crippen LogP contribution in [0, 0.1) is 5.82 Å². The fraction of sp³-hybridized carbons (Fsp3) is 0.667. The van der Waals surface area contributed by atoms with Crippen molar-refractivity contribution in [3.63, 3.8) is 0 Å². The average molecular weight is 521 g/mol. The van der Waals surface area contributed by atoms with E-state index in [9.17, 15) is 4.39 Å². The molecule has 8 heteroatoms. The van der Waals surface area contributed by atoms with Crippen molar-refractivity contribution in [2.45, 2.75) is 51.4 Å². The summed E-state index contributed by atoms with van der Waals surface area (Å²) in [7, 11) is 0. The van der Waals surface area contributed by atoms with Gasteiger partial charge >= 0.3 is 0 Å². The minimum absolute atomic E-state index is 0. The number of rotatable bonds is 7. The van der Waals surface area contributed by atoms with Gasteiger partial charge in [0.05, 0.1) is 19.3 Å².